The monoisotopic (exact) mass is 483 g/mol. The van der Waals surface area contributed by atoms with Gasteiger partial charge in [-0.3, -0.25) is 24.0 Å². The van der Waals surface area contributed by atoms with E-state index in [1.54, 1.807) is 0 Å². The number of carbonyl (C=O) groups is 5. The topological polar surface area (TPSA) is 180 Å². The molecule has 2 N–H and O–H groups in total. The van der Waals surface area contributed by atoms with E-state index in [1.165, 1.54) is 18.2 Å². The fourth-order valence-electron chi connectivity index (χ4n) is 3.25. The van der Waals surface area contributed by atoms with E-state index in [0.717, 1.165) is 27.7 Å². The van der Waals surface area contributed by atoms with Crippen molar-refractivity contribution in [3.63, 3.8) is 0 Å². The molecule has 0 amide bonds. The second-order valence-electron chi connectivity index (χ2n) is 7.22. The highest BCUT2D eigenvalue weighted by atomic mass is 16.7. The highest BCUT2D eigenvalue weighted by Gasteiger charge is 2.53. The zero-order chi connectivity index (χ0) is 25.4. The van der Waals surface area contributed by atoms with Gasteiger partial charge in [0.15, 0.2) is 23.6 Å². The molecule has 34 heavy (non-hydrogen) atoms. The van der Waals surface area contributed by atoms with Crippen LogP contribution in [0.25, 0.3) is 0 Å². The fourth-order valence-corrected chi connectivity index (χ4v) is 3.25. The Hall–Kier alpha value is -3.55. The van der Waals surface area contributed by atoms with Crippen molar-refractivity contribution in [2.45, 2.75) is 58.4 Å². The Morgan fingerprint density at radius 2 is 1.53 bits per heavy atom. The average Bonchev–Trinajstić information content (AvgIpc) is 2.75. The minimum atomic E-state index is -1.50. The molecule has 1 aliphatic rings. The maximum Gasteiger partial charge on any atom is 0.303 e. The minimum absolute atomic E-state index is 0.0162. The van der Waals surface area contributed by atoms with Gasteiger partial charge >= 0.3 is 23.9 Å². The van der Waals surface area contributed by atoms with Crippen molar-refractivity contribution in [1.29, 1.82) is 0 Å². The summed E-state index contributed by atoms with van der Waals surface area (Å²) in [4.78, 5) is 57.8. The van der Waals surface area contributed by atoms with E-state index in [-0.39, 0.29) is 17.0 Å². The van der Waals surface area contributed by atoms with E-state index in [1.807, 2.05) is 0 Å². The summed E-state index contributed by atoms with van der Waals surface area (Å²) in [5, 5.41) is 11.5. The Morgan fingerprint density at radius 1 is 0.941 bits per heavy atom. The molecular formula is C21H25NO12. The van der Waals surface area contributed by atoms with Crippen LogP contribution in [0, 0.1) is 5.21 Å². The lowest BCUT2D eigenvalue weighted by atomic mass is 9.98. The van der Waals surface area contributed by atoms with Gasteiger partial charge in [0.25, 0.3) is 0 Å². The van der Waals surface area contributed by atoms with E-state index >= 15 is 0 Å². The van der Waals surface area contributed by atoms with Gasteiger partial charge < -0.3 is 39.1 Å². The first-order valence-corrected chi connectivity index (χ1v) is 10.1. The van der Waals surface area contributed by atoms with Gasteiger partial charge in [-0.25, -0.2) is 0 Å². The normalized spacial score (nSPS) is 23.9. The SMILES string of the molecule is CC(=O)OC[C@H]1O[C@@H](Oc2ccc(C=O)cc2[NH2+][O-])[C@H](OC(C)=O)[C@@H](OC(C)=O)[C@H]1OC(C)=O. The summed E-state index contributed by atoms with van der Waals surface area (Å²) >= 11 is 0. The number of quaternary nitrogens is 1. The number of ether oxygens (including phenoxy) is 6. The van der Waals surface area contributed by atoms with Crippen molar-refractivity contribution < 1.29 is 57.9 Å². The standard InChI is InChI=1S/C21H25NO12/c1-10(24)29-9-17-18(30-11(2)25)19(31-12(3)26)20(32-13(4)27)21(34-17)33-16-6-5-14(8-23)7-15(16)22-28/h5-8,17-21H,9,22H2,1-4H3/t17-,18+,19+,20-,21-/m1/s1. The largest absolute Gasteiger partial charge is 0.630 e. The van der Waals surface area contributed by atoms with Crippen LogP contribution in [-0.2, 0) is 42.9 Å². The molecular weight excluding hydrogens is 458 g/mol. The van der Waals surface area contributed by atoms with Crippen molar-refractivity contribution in [2.75, 3.05) is 6.61 Å². The van der Waals surface area contributed by atoms with Gasteiger partial charge in [0.1, 0.15) is 19.0 Å². The summed E-state index contributed by atoms with van der Waals surface area (Å²) in [5.41, 5.74) is 0.626. The van der Waals surface area contributed by atoms with Gasteiger partial charge in [-0.15, -0.1) is 0 Å². The first-order chi connectivity index (χ1) is 16.0. The molecule has 1 aliphatic heterocycles. The lowest BCUT2D eigenvalue weighted by molar-refractivity contribution is -0.498. The van der Waals surface area contributed by atoms with Crippen LogP contribution in [0.4, 0.5) is 5.69 Å². The summed E-state index contributed by atoms with van der Waals surface area (Å²) in [6.45, 7) is 3.99. The second kappa shape index (κ2) is 12.1. The molecule has 186 valence electrons. The van der Waals surface area contributed by atoms with Gasteiger partial charge in [0.05, 0.1) is 0 Å². The molecule has 0 radical (unpaired) electrons. The quantitative estimate of drug-likeness (QED) is 0.159. The third-order valence-corrected chi connectivity index (χ3v) is 4.49. The lowest BCUT2D eigenvalue weighted by Crippen LogP contribution is -2.70. The molecule has 0 spiro atoms. The molecule has 13 heteroatoms. The molecule has 13 nitrogen and oxygen atoms in total. The number of benzene rings is 1. The Labute approximate surface area is 194 Å². The Morgan fingerprint density at radius 3 is 2.06 bits per heavy atom. The number of carbonyl (C=O) groups excluding carboxylic acids is 5. The molecule has 0 saturated carbocycles. The van der Waals surface area contributed by atoms with E-state index in [0.29, 0.717) is 11.8 Å². The van der Waals surface area contributed by atoms with Gasteiger partial charge in [0, 0.05) is 39.3 Å². The molecule has 0 unspecified atom stereocenters. The highest BCUT2D eigenvalue weighted by Crippen LogP contribution is 2.32. The number of esters is 4. The summed E-state index contributed by atoms with van der Waals surface area (Å²) in [6.07, 6.45) is -6.38. The first kappa shape index (κ1) is 26.7. The van der Waals surface area contributed by atoms with Crippen LogP contribution in [0.15, 0.2) is 18.2 Å². The van der Waals surface area contributed by atoms with Crippen LogP contribution in [0.2, 0.25) is 0 Å². The average molecular weight is 483 g/mol. The van der Waals surface area contributed by atoms with E-state index < -0.39 is 61.2 Å². The number of hydrogen-bond acceptors (Lipinski definition) is 12. The van der Waals surface area contributed by atoms with Crippen LogP contribution in [0.5, 0.6) is 5.75 Å². The third kappa shape index (κ3) is 7.23. The van der Waals surface area contributed by atoms with E-state index in [4.69, 9.17) is 28.4 Å². The molecule has 2 rings (SSSR count). The van der Waals surface area contributed by atoms with Crippen molar-refractivity contribution in [3.05, 3.63) is 29.0 Å². The molecule has 1 fully saturated rings. The number of hydrogen-bond donors (Lipinski definition) is 1. The Kier molecular flexibility index (Phi) is 9.47. The molecule has 5 atom stereocenters. The number of rotatable bonds is 9. The van der Waals surface area contributed by atoms with Crippen LogP contribution in [0.1, 0.15) is 38.1 Å². The van der Waals surface area contributed by atoms with Crippen LogP contribution in [-0.4, -0.2) is 67.5 Å². The smallest absolute Gasteiger partial charge is 0.303 e. The zero-order valence-corrected chi connectivity index (χ0v) is 18.9. The van der Waals surface area contributed by atoms with Crippen LogP contribution in [0.3, 0.4) is 0 Å². The fraction of sp³-hybridized carbons (Fsp3) is 0.476. The zero-order valence-electron chi connectivity index (χ0n) is 18.9. The van der Waals surface area contributed by atoms with E-state index in [2.05, 4.69) is 0 Å². The molecule has 1 heterocycles. The summed E-state index contributed by atoms with van der Waals surface area (Å²) in [7, 11) is 0. The van der Waals surface area contributed by atoms with Gasteiger partial charge in [-0.05, 0) is 12.1 Å². The Balaban J connectivity index is 2.51. The summed E-state index contributed by atoms with van der Waals surface area (Å²) in [5.74, 6) is -3.07. The van der Waals surface area contributed by atoms with Crippen molar-refractivity contribution in [1.82, 2.24) is 0 Å². The molecule has 0 aliphatic carbocycles. The number of nitrogens with two attached hydrogens (primary N) is 1. The first-order valence-electron chi connectivity index (χ1n) is 10.1. The predicted octanol–water partition coefficient (Wildman–Crippen LogP) is -0.346. The molecule has 0 bridgehead atoms. The minimum Gasteiger partial charge on any atom is -0.630 e. The maximum absolute atomic E-state index is 11.8. The molecule has 1 aromatic carbocycles. The highest BCUT2D eigenvalue weighted by molar-refractivity contribution is 5.77. The molecule has 0 aromatic heterocycles. The van der Waals surface area contributed by atoms with E-state index in [9.17, 15) is 29.2 Å². The van der Waals surface area contributed by atoms with Crippen LogP contribution >= 0.6 is 0 Å². The molecule has 1 aromatic rings. The summed E-state index contributed by atoms with van der Waals surface area (Å²) in [6, 6.07) is 3.96. The third-order valence-electron chi connectivity index (χ3n) is 4.49. The van der Waals surface area contributed by atoms with Gasteiger partial charge in [0.2, 0.25) is 12.4 Å². The molecule has 1 saturated heterocycles. The lowest BCUT2D eigenvalue weighted by Gasteiger charge is -2.43. The Bertz CT molecular complexity index is 932. The second-order valence-corrected chi connectivity index (χ2v) is 7.22. The maximum atomic E-state index is 11.8. The van der Waals surface area contributed by atoms with Crippen molar-refractivity contribution in [3.8, 4) is 5.75 Å². The predicted molar refractivity (Wildman–Crippen MR) is 109 cm³/mol. The van der Waals surface area contributed by atoms with Crippen molar-refractivity contribution in [2.24, 2.45) is 0 Å². The summed E-state index contributed by atoms with van der Waals surface area (Å²) < 4.78 is 32.4. The van der Waals surface area contributed by atoms with Crippen molar-refractivity contribution >= 4 is 35.9 Å². The van der Waals surface area contributed by atoms with Gasteiger partial charge in [-0.2, -0.15) is 0 Å². The number of aldehydes is 1. The van der Waals surface area contributed by atoms with Crippen LogP contribution < -0.4 is 10.2 Å². The van der Waals surface area contributed by atoms with Gasteiger partial charge in [-0.1, -0.05) is 0 Å².